The number of rotatable bonds is 6. The highest BCUT2D eigenvalue weighted by Crippen LogP contribution is 2.52. The monoisotopic (exact) mass is 397 g/mol. The minimum atomic E-state index is -0.130. The Balaban J connectivity index is 1.18. The van der Waals surface area contributed by atoms with Gasteiger partial charge in [-0.15, -0.1) is 10.2 Å². The average molecular weight is 397 g/mol. The van der Waals surface area contributed by atoms with Crippen LogP contribution < -0.4 is 10.6 Å². The molecule has 9 heteroatoms. The summed E-state index contributed by atoms with van der Waals surface area (Å²) in [4.78, 5) is 31.6. The Bertz CT molecular complexity index is 859. The van der Waals surface area contributed by atoms with Gasteiger partial charge in [0.25, 0.3) is 0 Å². The van der Waals surface area contributed by atoms with Gasteiger partial charge < -0.3 is 15.2 Å². The number of hydrogen-bond donors (Lipinski definition) is 2. The number of likely N-dealkylation sites (tertiary alicyclic amines) is 1. The topological polar surface area (TPSA) is 105 Å². The van der Waals surface area contributed by atoms with Gasteiger partial charge in [-0.3, -0.25) is 14.5 Å². The molecule has 2 aliphatic heterocycles. The zero-order valence-corrected chi connectivity index (χ0v) is 16.7. The molecule has 2 N–H and O–H groups in total. The maximum Gasteiger partial charge on any atom is 0.233 e. The lowest BCUT2D eigenvalue weighted by molar-refractivity contribution is -0.140. The average Bonchev–Trinajstić information content (AvgIpc) is 3.50. The standard InChI is InChI=1S/C20H27N7O2/c1-2-21-20(23-11-15-25-24-14-4-3-8-26(14)15)22-7-9-27-18(28)16-12-5-6-13(10-12)17(16)19(27)29/h5-6,12-13,16-17H,2-4,7-11H2,1H3,(H2,21,22,23). The Morgan fingerprint density at radius 1 is 1.17 bits per heavy atom. The van der Waals surface area contributed by atoms with Crippen LogP contribution in [0.2, 0.25) is 0 Å². The van der Waals surface area contributed by atoms with Crippen LogP contribution in [0, 0.1) is 23.7 Å². The molecule has 2 bridgehead atoms. The number of nitrogens with one attached hydrogen (secondary N) is 2. The smallest absolute Gasteiger partial charge is 0.233 e. The van der Waals surface area contributed by atoms with Crippen molar-refractivity contribution in [3.63, 3.8) is 0 Å². The molecule has 154 valence electrons. The summed E-state index contributed by atoms with van der Waals surface area (Å²) in [6, 6.07) is 0. The van der Waals surface area contributed by atoms with Gasteiger partial charge in [0.15, 0.2) is 11.8 Å². The van der Waals surface area contributed by atoms with E-state index in [4.69, 9.17) is 0 Å². The molecule has 29 heavy (non-hydrogen) atoms. The number of carbonyl (C=O) groups is 2. The molecule has 4 unspecified atom stereocenters. The Kier molecular flexibility index (Phi) is 4.60. The van der Waals surface area contributed by atoms with Crippen LogP contribution >= 0.6 is 0 Å². The van der Waals surface area contributed by atoms with Gasteiger partial charge in [-0.1, -0.05) is 12.2 Å². The molecular weight excluding hydrogens is 370 g/mol. The third kappa shape index (κ3) is 3.03. The Labute approximate surface area is 169 Å². The van der Waals surface area contributed by atoms with Crippen LogP contribution in [0.5, 0.6) is 0 Å². The summed E-state index contributed by atoms with van der Waals surface area (Å²) in [6.07, 6.45) is 7.29. The lowest BCUT2D eigenvalue weighted by Crippen LogP contribution is -2.43. The molecule has 2 amide bonds. The van der Waals surface area contributed by atoms with E-state index >= 15 is 0 Å². The van der Waals surface area contributed by atoms with Crippen molar-refractivity contribution in [3.8, 4) is 0 Å². The second kappa shape index (κ2) is 7.27. The largest absolute Gasteiger partial charge is 0.357 e. The Hall–Kier alpha value is -2.71. The first-order chi connectivity index (χ1) is 14.2. The third-order valence-electron chi connectivity index (χ3n) is 6.60. The van der Waals surface area contributed by atoms with Gasteiger partial charge in [-0.2, -0.15) is 0 Å². The van der Waals surface area contributed by atoms with Gasteiger partial charge in [0.05, 0.1) is 11.8 Å². The normalized spacial score (nSPS) is 29.7. The number of allylic oxidation sites excluding steroid dienone is 2. The van der Waals surface area contributed by atoms with Crippen molar-refractivity contribution in [2.75, 3.05) is 19.6 Å². The number of fused-ring (bicyclic) bond motifs is 6. The number of imide groups is 1. The molecule has 1 saturated heterocycles. The maximum atomic E-state index is 12.8. The maximum absolute atomic E-state index is 12.8. The number of nitrogens with zero attached hydrogens (tertiary/aromatic N) is 5. The zero-order chi connectivity index (χ0) is 20.0. The molecule has 1 saturated carbocycles. The highest BCUT2D eigenvalue weighted by atomic mass is 16.2. The molecular formula is C20H27N7O2. The second-order valence-electron chi connectivity index (χ2n) is 8.24. The predicted molar refractivity (Wildman–Crippen MR) is 106 cm³/mol. The fourth-order valence-electron chi connectivity index (χ4n) is 5.29. The highest BCUT2D eigenvalue weighted by molar-refractivity contribution is 6.06. The molecule has 2 aliphatic carbocycles. The van der Waals surface area contributed by atoms with Gasteiger partial charge in [-0.05, 0) is 31.6 Å². The summed E-state index contributed by atoms with van der Waals surface area (Å²) >= 11 is 0. The number of guanidine groups is 1. The molecule has 1 aromatic rings. The van der Waals surface area contributed by atoms with Crippen LogP contribution in [0.3, 0.4) is 0 Å². The molecule has 2 fully saturated rings. The summed E-state index contributed by atoms with van der Waals surface area (Å²) in [5.74, 6) is 2.81. The van der Waals surface area contributed by atoms with Crippen LogP contribution in [0.4, 0.5) is 0 Å². The van der Waals surface area contributed by atoms with E-state index in [1.165, 1.54) is 4.90 Å². The van der Waals surface area contributed by atoms with Crippen LogP contribution in [0.15, 0.2) is 17.1 Å². The quantitative estimate of drug-likeness (QED) is 0.305. The van der Waals surface area contributed by atoms with Gasteiger partial charge in [0.2, 0.25) is 11.8 Å². The molecule has 4 aliphatic rings. The summed E-state index contributed by atoms with van der Waals surface area (Å²) in [7, 11) is 0. The molecule has 9 nitrogen and oxygen atoms in total. The molecule has 1 aromatic heterocycles. The van der Waals surface area contributed by atoms with Gasteiger partial charge >= 0.3 is 0 Å². The molecule has 0 aromatic carbocycles. The molecule has 0 radical (unpaired) electrons. The highest BCUT2D eigenvalue weighted by Gasteiger charge is 2.58. The minimum Gasteiger partial charge on any atom is -0.357 e. The van der Waals surface area contributed by atoms with Crippen molar-refractivity contribution >= 4 is 17.8 Å². The number of amides is 2. The van der Waals surface area contributed by atoms with Crippen LogP contribution in [-0.2, 0) is 29.1 Å². The predicted octanol–water partition coefficient (Wildman–Crippen LogP) is 0.0865. The van der Waals surface area contributed by atoms with Crippen molar-refractivity contribution in [2.45, 2.75) is 39.3 Å². The lowest BCUT2D eigenvalue weighted by atomic mass is 9.85. The van der Waals surface area contributed by atoms with E-state index in [1.54, 1.807) is 0 Å². The SMILES string of the molecule is CCNC(=NCc1nnc2n1CCC2)NCCN1C(=O)C2C3C=CC(C3)C2C1=O. The van der Waals surface area contributed by atoms with E-state index in [2.05, 4.69) is 42.5 Å². The summed E-state index contributed by atoms with van der Waals surface area (Å²) in [5.41, 5.74) is 0. The van der Waals surface area contributed by atoms with E-state index in [0.717, 1.165) is 44.0 Å². The number of aryl methyl sites for hydroxylation is 1. The fourth-order valence-corrected chi connectivity index (χ4v) is 5.29. The van der Waals surface area contributed by atoms with Gasteiger partial charge in [0.1, 0.15) is 12.4 Å². The minimum absolute atomic E-state index is 0.000359. The van der Waals surface area contributed by atoms with Crippen molar-refractivity contribution in [1.29, 1.82) is 0 Å². The number of carbonyl (C=O) groups excluding carboxylic acids is 2. The third-order valence-corrected chi connectivity index (χ3v) is 6.60. The zero-order valence-electron chi connectivity index (χ0n) is 16.7. The second-order valence-corrected chi connectivity index (χ2v) is 8.24. The summed E-state index contributed by atoms with van der Waals surface area (Å²) in [6.45, 7) is 4.98. The Morgan fingerprint density at radius 3 is 2.66 bits per heavy atom. The number of aliphatic imine (C=N–C) groups is 1. The number of aromatic nitrogens is 3. The van der Waals surface area contributed by atoms with Crippen molar-refractivity contribution in [1.82, 2.24) is 30.3 Å². The van der Waals surface area contributed by atoms with Gasteiger partial charge in [0, 0.05) is 32.6 Å². The van der Waals surface area contributed by atoms with Crippen LogP contribution in [0.1, 0.15) is 31.4 Å². The number of hydrogen-bond acceptors (Lipinski definition) is 5. The van der Waals surface area contributed by atoms with E-state index in [1.807, 2.05) is 6.92 Å². The van der Waals surface area contributed by atoms with Crippen LogP contribution in [-0.4, -0.2) is 57.1 Å². The van der Waals surface area contributed by atoms with E-state index < -0.39 is 0 Å². The molecule has 0 spiro atoms. The van der Waals surface area contributed by atoms with Crippen molar-refractivity contribution in [3.05, 3.63) is 23.8 Å². The van der Waals surface area contributed by atoms with Crippen LogP contribution in [0.25, 0.3) is 0 Å². The molecule has 4 atom stereocenters. The first kappa shape index (κ1) is 18.3. The lowest BCUT2D eigenvalue weighted by Gasteiger charge is -2.18. The van der Waals surface area contributed by atoms with E-state index in [0.29, 0.717) is 25.6 Å². The summed E-state index contributed by atoms with van der Waals surface area (Å²) < 4.78 is 2.13. The molecule has 3 heterocycles. The first-order valence-electron chi connectivity index (χ1n) is 10.6. The summed E-state index contributed by atoms with van der Waals surface area (Å²) in [5, 5.41) is 14.9. The Morgan fingerprint density at radius 2 is 1.93 bits per heavy atom. The fraction of sp³-hybridized carbons (Fsp3) is 0.650. The van der Waals surface area contributed by atoms with E-state index in [-0.39, 0.29) is 35.5 Å². The van der Waals surface area contributed by atoms with Crippen molar-refractivity contribution < 1.29 is 9.59 Å². The van der Waals surface area contributed by atoms with E-state index in [9.17, 15) is 9.59 Å². The molecule has 5 rings (SSSR count). The van der Waals surface area contributed by atoms with Gasteiger partial charge in [-0.25, -0.2) is 4.99 Å². The first-order valence-corrected chi connectivity index (χ1v) is 10.6. The van der Waals surface area contributed by atoms with Crippen molar-refractivity contribution in [2.24, 2.45) is 28.7 Å².